The third kappa shape index (κ3) is 5.99. The van der Waals surface area contributed by atoms with Crippen LogP contribution in [0.15, 0.2) is 46.6 Å². The number of amidine groups is 1. The van der Waals surface area contributed by atoms with Crippen LogP contribution in [0.1, 0.15) is 17.5 Å². The zero-order valence-corrected chi connectivity index (χ0v) is 18.7. The minimum atomic E-state index is -0.580. The van der Waals surface area contributed by atoms with Crippen molar-refractivity contribution < 1.29 is 19.1 Å². The summed E-state index contributed by atoms with van der Waals surface area (Å²) in [5, 5.41) is 13.6. The quantitative estimate of drug-likeness (QED) is 0.485. The summed E-state index contributed by atoms with van der Waals surface area (Å²) in [7, 11) is 3.04. The number of rotatable bonds is 7. The molecule has 10 heteroatoms. The van der Waals surface area contributed by atoms with Crippen molar-refractivity contribution in [3.63, 3.8) is 0 Å². The molecule has 2 amide bonds. The summed E-state index contributed by atoms with van der Waals surface area (Å²) in [6.07, 6.45) is 1.47. The minimum absolute atomic E-state index is 0.0224. The number of anilines is 1. The van der Waals surface area contributed by atoms with Gasteiger partial charge in [0.15, 0.2) is 16.7 Å². The van der Waals surface area contributed by atoms with E-state index in [1.165, 1.54) is 20.4 Å². The predicted molar refractivity (Wildman–Crippen MR) is 124 cm³/mol. The van der Waals surface area contributed by atoms with Crippen LogP contribution in [-0.4, -0.2) is 42.7 Å². The fourth-order valence-electron chi connectivity index (χ4n) is 2.72. The van der Waals surface area contributed by atoms with Gasteiger partial charge in [-0.1, -0.05) is 41.1 Å². The third-order valence-electron chi connectivity index (χ3n) is 4.33. The molecule has 1 aliphatic heterocycles. The van der Waals surface area contributed by atoms with E-state index in [2.05, 4.69) is 20.8 Å². The molecule has 1 fully saturated rings. The Hall–Kier alpha value is -3.04. The van der Waals surface area contributed by atoms with Crippen LogP contribution in [0.3, 0.4) is 0 Å². The Labute approximate surface area is 189 Å². The number of carbonyl (C=O) groups excluding carboxylic acids is 2. The molecule has 0 bridgehead atoms. The van der Waals surface area contributed by atoms with E-state index in [0.717, 1.165) is 17.3 Å². The van der Waals surface area contributed by atoms with Crippen molar-refractivity contribution in [2.75, 3.05) is 19.5 Å². The molecule has 0 aromatic heterocycles. The average molecular weight is 461 g/mol. The highest BCUT2D eigenvalue weighted by Crippen LogP contribution is 2.32. The molecule has 2 aromatic carbocycles. The van der Waals surface area contributed by atoms with Gasteiger partial charge in [0.1, 0.15) is 5.25 Å². The van der Waals surface area contributed by atoms with Crippen molar-refractivity contribution in [1.82, 2.24) is 5.32 Å². The lowest BCUT2D eigenvalue weighted by molar-refractivity contribution is -0.122. The summed E-state index contributed by atoms with van der Waals surface area (Å²) in [6, 6.07) is 10.7. The van der Waals surface area contributed by atoms with Crippen LogP contribution in [-0.2, 0) is 9.59 Å². The smallest absolute Gasteiger partial charge is 0.240 e. The molecule has 2 N–H and O–H groups in total. The lowest BCUT2D eigenvalue weighted by Gasteiger charge is -2.09. The van der Waals surface area contributed by atoms with Crippen LogP contribution in [0.5, 0.6) is 11.5 Å². The van der Waals surface area contributed by atoms with Crippen molar-refractivity contribution >= 4 is 52.2 Å². The first kappa shape index (κ1) is 22.6. The molecule has 8 nitrogen and oxygen atoms in total. The molecule has 0 saturated carbocycles. The second kappa shape index (κ2) is 10.3. The molecule has 2 aromatic rings. The normalized spacial score (nSPS) is 17.1. The number of ether oxygens (including phenoxy) is 2. The van der Waals surface area contributed by atoms with Crippen LogP contribution in [0, 0.1) is 6.92 Å². The number of hydrogen-bond donors (Lipinski definition) is 2. The highest BCUT2D eigenvalue weighted by atomic mass is 35.5. The van der Waals surface area contributed by atoms with Gasteiger partial charge in [0, 0.05) is 23.7 Å². The number of aryl methyl sites for hydroxylation is 1. The summed E-state index contributed by atoms with van der Waals surface area (Å²) in [6.45, 7) is 1.97. The molecular formula is C21H21ClN4O4S. The van der Waals surface area contributed by atoms with Crippen LogP contribution in [0.2, 0.25) is 5.02 Å². The minimum Gasteiger partial charge on any atom is -0.493 e. The molecule has 1 heterocycles. The van der Waals surface area contributed by atoms with E-state index >= 15 is 0 Å². The number of methoxy groups -OCH3 is 2. The lowest BCUT2D eigenvalue weighted by Crippen LogP contribution is -2.28. The Morgan fingerprint density at radius 1 is 1.23 bits per heavy atom. The van der Waals surface area contributed by atoms with Crippen molar-refractivity contribution in [3.8, 4) is 11.5 Å². The molecule has 31 heavy (non-hydrogen) atoms. The largest absolute Gasteiger partial charge is 0.493 e. The fourth-order valence-corrected chi connectivity index (χ4v) is 3.84. The molecule has 162 valence electrons. The molecule has 0 radical (unpaired) electrons. The van der Waals surface area contributed by atoms with Crippen molar-refractivity contribution in [2.45, 2.75) is 18.6 Å². The Morgan fingerprint density at radius 2 is 1.90 bits per heavy atom. The molecule has 0 spiro atoms. The second-order valence-corrected chi connectivity index (χ2v) is 8.19. The predicted octanol–water partition coefficient (Wildman–Crippen LogP) is 3.62. The fraction of sp³-hybridized carbons (Fsp3) is 0.238. The lowest BCUT2D eigenvalue weighted by atomic mass is 10.2. The number of nitrogens with zero attached hydrogens (tertiary/aromatic N) is 2. The van der Waals surface area contributed by atoms with Gasteiger partial charge >= 0.3 is 0 Å². The Morgan fingerprint density at radius 3 is 2.58 bits per heavy atom. The van der Waals surface area contributed by atoms with E-state index in [9.17, 15) is 9.59 Å². The number of benzene rings is 2. The van der Waals surface area contributed by atoms with Crippen LogP contribution in [0.25, 0.3) is 0 Å². The van der Waals surface area contributed by atoms with Gasteiger partial charge in [-0.3, -0.25) is 9.59 Å². The molecule has 1 saturated heterocycles. The maximum atomic E-state index is 12.2. The van der Waals surface area contributed by atoms with Crippen LogP contribution < -0.4 is 20.1 Å². The Kier molecular flexibility index (Phi) is 7.54. The molecule has 0 aliphatic carbocycles. The summed E-state index contributed by atoms with van der Waals surface area (Å²) >= 11 is 7.37. The summed E-state index contributed by atoms with van der Waals surface area (Å²) in [4.78, 5) is 24.4. The van der Waals surface area contributed by atoms with Gasteiger partial charge in [0.25, 0.3) is 0 Å². The van der Waals surface area contributed by atoms with Gasteiger partial charge in [-0.05, 0) is 25.1 Å². The molecule has 1 atom stereocenters. The molecule has 0 unspecified atom stereocenters. The number of halogens is 1. The zero-order valence-electron chi connectivity index (χ0n) is 17.1. The maximum absolute atomic E-state index is 12.2. The first-order valence-corrected chi connectivity index (χ1v) is 10.5. The molecular weight excluding hydrogens is 440 g/mol. The summed E-state index contributed by atoms with van der Waals surface area (Å²) in [5.41, 5.74) is 2.36. The van der Waals surface area contributed by atoms with E-state index in [-0.39, 0.29) is 18.2 Å². The summed E-state index contributed by atoms with van der Waals surface area (Å²) in [5.74, 6) is 0.464. The summed E-state index contributed by atoms with van der Waals surface area (Å²) < 4.78 is 10.4. The maximum Gasteiger partial charge on any atom is 0.240 e. The average Bonchev–Trinajstić information content (AvgIpc) is 3.09. The van der Waals surface area contributed by atoms with Gasteiger partial charge in [0.2, 0.25) is 11.8 Å². The Balaban J connectivity index is 1.60. The molecule has 3 rings (SSSR count). The number of thioether (sulfide) groups is 1. The van der Waals surface area contributed by atoms with E-state index in [0.29, 0.717) is 32.9 Å². The third-order valence-corrected chi connectivity index (χ3v) is 5.73. The second-order valence-electron chi connectivity index (χ2n) is 6.59. The standard InChI is InChI=1S/C21H21ClN4O4S/c1-12-4-6-14(7-5-12)24-19(27)10-18-20(28)25-21(31-18)26-23-11-13-8-16(29-2)17(30-3)9-15(13)22/h4-9,11,18H,10H2,1-3H3,(H,24,27)(H,25,26,28)/b23-11-/t18-/m0/s1. The van der Waals surface area contributed by atoms with Crippen LogP contribution in [0.4, 0.5) is 5.69 Å². The van der Waals surface area contributed by atoms with E-state index in [1.807, 2.05) is 31.2 Å². The van der Waals surface area contributed by atoms with E-state index in [1.54, 1.807) is 12.1 Å². The van der Waals surface area contributed by atoms with Gasteiger partial charge in [0.05, 0.1) is 25.5 Å². The first-order chi connectivity index (χ1) is 14.9. The number of hydrogen-bond acceptors (Lipinski definition) is 7. The Bertz CT molecular complexity index is 1040. The van der Waals surface area contributed by atoms with Gasteiger partial charge < -0.3 is 20.1 Å². The first-order valence-electron chi connectivity index (χ1n) is 9.26. The van der Waals surface area contributed by atoms with Gasteiger partial charge in [-0.2, -0.15) is 5.10 Å². The van der Waals surface area contributed by atoms with E-state index in [4.69, 9.17) is 21.1 Å². The van der Waals surface area contributed by atoms with Crippen molar-refractivity contribution in [1.29, 1.82) is 0 Å². The zero-order chi connectivity index (χ0) is 22.4. The number of carbonyl (C=O) groups is 2. The number of nitrogens with one attached hydrogen (secondary N) is 2. The highest BCUT2D eigenvalue weighted by molar-refractivity contribution is 8.15. The number of amides is 2. The van der Waals surface area contributed by atoms with Crippen LogP contribution >= 0.6 is 23.4 Å². The SMILES string of the molecule is COc1cc(Cl)c(/C=N\N=C2\NC(=O)[C@H](CC(=O)Nc3ccc(C)cc3)S2)cc1OC. The van der Waals surface area contributed by atoms with Gasteiger partial charge in [-0.15, -0.1) is 5.10 Å². The van der Waals surface area contributed by atoms with Gasteiger partial charge in [-0.25, -0.2) is 0 Å². The topological polar surface area (TPSA) is 101 Å². The van der Waals surface area contributed by atoms with E-state index < -0.39 is 5.25 Å². The van der Waals surface area contributed by atoms with Crippen molar-refractivity contribution in [3.05, 3.63) is 52.5 Å². The van der Waals surface area contributed by atoms with Crippen molar-refractivity contribution in [2.24, 2.45) is 10.2 Å². The monoisotopic (exact) mass is 460 g/mol. The molecule has 1 aliphatic rings. The highest BCUT2D eigenvalue weighted by Gasteiger charge is 2.32.